The number of hydrogen-bond acceptors (Lipinski definition) is 8. The summed E-state index contributed by atoms with van der Waals surface area (Å²) in [5.41, 5.74) is 3.22. The summed E-state index contributed by atoms with van der Waals surface area (Å²) in [6.45, 7) is 4.09. The number of ether oxygens (including phenoxy) is 2. The number of anilines is 3. The minimum absolute atomic E-state index is 0.103. The molecule has 1 unspecified atom stereocenters. The number of rotatable bonds is 5. The second-order valence-corrected chi connectivity index (χ2v) is 9.17. The molecule has 2 aliphatic rings. The van der Waals surface area contributed by atoms with Gasteiger partial charge in [0, 0.05) is 25.0 Å². The van der Waals surface area contributed by atoms with Crippen LogP contribution in [0.2, 0.25) is 0 Å². The molecular formula is C26H31N5O3. The van der Waals surface area contributed by atoms with Gasteiger partial charge in [0.2, 0.25) is 5.95 Å². The van der Waals surface area contributed by atoms with Crippen LogP contribution in [-0.2, 0) is 9.47 Å². The summed E-state index contributed by atoms with van der Waals surface area (Å²) < 4.78 is 10.6. The topological polar surface area (TPSA) is 89.5 Å². The first kappa shape index (κ1) is 22.5. The number of carbonyl (C=O) groups is 1. The Kier molecular flexibility index (Phi) is 6.58. The molecule has 0 bridgehead atoms. The normalized spacial score (nSPS) is 19.2. The van der Waals surface area contributed by atoms with Crippen molar-refractivity contribution in [2.75, 3.05) is 37.0 Å². The van der Waals surface area contributed by atoms with Crippen LogP contribution in [-0.4, -0.2) is 53.8 Å². The minimum Gasteiger partial charge on any atom is -0.465 e. The Labute approximate surface area is 199 Å². The van der Waals surface area contributed by atoms with E-state index in [1.54, 1.807) is 6.07 Å². The molecule has 8 heteroatoms. The predicted molar refractivity (Wildman–Crippen MR) is 132 cm³/mol. The highest BCUT2D eigenvalue weighted by Crippen LogP contribution is 2.34. The van der Waals surface area contributed by atoms with Crippen LogP contribution in [0.15, 0.2) is 36.5 Å². The number of nitrogens with zero attached hydrogens (tertiary/aromatic N) is 4. The van der Waals surface area contributed by atoms with Gasteiger partial charge in [-0.05, 0) is 49.4 Å². The second-order valence-electron chi connectivity index (χ2n) is 9.17. The summed E-state index contributed by atoms with van der Waals surface area (Å²) in [5.74, 6) is 1.43. The smallest absolute Gasteiger partial charge is 0.339 e. The van der Waals surface area contributed by atoms with E-state index in [9.17, 15) is 4.79 Å². The third-order valence-electron chi connectivity index (χ3n) is 6.73. The van der Waals surface area contributed by atoms with E-state index in [1.807, 2.05) is 6.92 Å². The van der Waals surface area contributed by atoms with E-state index in [1.165, 1.54) is 51.0 Å². The molecule has 3 heterocycles. The van der Waals surface area contributed by atoms with Crippen molar-refractivity contribution in [1.82, 2.24) is 15.0 Å². The Bertz CT molecular complexity index is 1160. The van der Waals surface area contributed by atoms with Crippen LogP contribution in [0.3, 0.4) is 0 Å². The highest BCUT2D eigenvalue weighted by atomic mass is 16.5. The maximum atomic E-state index is 12.1. The lowest BCUT2D eigenvalue weighted by molar-refractivity contribution is 0.0526. The van der Waals surface area contributed by atoms with Gasteiger partial charge in [0.25, 0.3) is 0 Å². The minimum atomic E-state index is -0.441. The van der Waals surface area contributed by atoms with Crippen LogP contribution >= 0.6 is 0 Å². The zero-order valence-corrected chi connectivity index (χ0v) is 19.8. The molecule has 1 aromatic carbocycles. The molecule has 8 nitrogen and oxygen atoms in total. The SMILES string of the molecule is COC(=O)c1cnc2nc(N3CCOC(C)C3)nc(Nc3ccc(C4CCCCC4)cc3)c2c1. The van der Waals surface area contributed by atoms with E-state index >= 15 is 0 Å². The number of nitrogens with one attached hydrogen (secondary N) is 1. The van der Waals surface area contributed by atoms with Gasteiger partial charge in [0.05, 0.1) is 30.8 Å². The molecule has 1 atom stereocenters. The average molecular weight is 462 g/mol. The van der Waals surface area contributed by atoms with Crippen molar-refractivity contribution in [3.05, 3.63) is 47.7 Å². The molecule has 1 saturated heterocycles. The van der Waals surface area contributed by atoms with Crippen LogP contribution in [0.1, 0.15) is 60.9 Å². The monoisotopic (exact) mass is 461 g/mol. The van der Waals surface area contributed by atoms with E-state index in [2.05, 4.69) is 39.5 Å². The van der Waals surface area contributed by atoms with Crippen molar-refractivity contribution in [2.24, 2.45) is 0 Å². The van der Waals surface area contributed by atoms with Gasteiger partial charge in [-0.1, -0.05) is 31.4 Å². The fourth-order valence-corrected chi connectivity index (χ4v) is 4.88. The fraction of sp³-hybridized carbons (Fsp3) is 0.462. The van der Waals surface area contributed by atoms with Gasteiger partial charge in [-0.25, -0.2) is 9.78 Å². The van der Waals surface area contributed by atoms with E-state index < -0.39 is 5.97 Å². The van der Waals surface area contributed by atoms with Gasteiger partial charge in [-0.2, -0.15) is 9.97 Å². The number of fused-ring (bicyclic) bond motifs is 1. The molecule has 2 fully saturated rings. The third-order valence-corrected chi connectivity index (χ3v) is 6.73. The Hall–Kier alpha value is -3.26. The molecule has 1 aliphatic carbocycles. The molecule has 1 N–H and O–H groups in total. The van der Waals surface area contributed by atoms with Gasteiger partial charge < -0.3 is 19.7 Å². The van der Waals surface area contributed by atoms with Gasteiger partial charge in [0.15, 0.2) is 5.65 Å². The highest BCUT2D eigenvalue weighted by molar-refractivity contribution is 5.97. The van der Waals surface area contributed by atoms with Crippen molar-refractivity contribution in [3.8, 4) is 0 Å². The Balaban J connectivity index is 1.49. The Morgan fingerprint density at radius 2 is 1.94 bits per heavy atom. The van der Waals surface area contributed by atoms with Crippen LogP contribution < -0.4 is 10.2 Å². The fourth-order valence-electron chi connectivity index (χ4n) is 4.88. The largest absolute Gasteiger partial charge is 0.465 e. The van der Waals surface area contributed by atoms with Crippen molar-refractivity contribution >= 4 is 34.5 Å². The standard InChI is InChI=1S/C26H31N5O3/c1-17-16-31(12-13-34-17)26-29-23-22(14-20(15-27-23)25(32)33-2)24(30-26)28-21-10-8-19(9-11-21)18-6-4-3-5-7-18/h8-11,14-15,17-18H,3-7,12-13,16H2,1-2H3,(H,27,28,29,30). The first-order valence-corrected chi connectivity index (χ1v) is 12.1. The summed E-state index contributed by atoms with van der Waals surface area (Å²) in [6.07, 6.45) is 8.12. The van der Waals surface area contributed by atoms with Crippen molar-refractivity contribution in [1.29, 1.82) is 0 Å². The lowest BCUT2D eigenvalue weighted by atomic mass is 9.84. The lowest BCUT2D eigenvalue weighted by Crippen LogP contribution is -2.42. The summed E-state index contributed by atoms with van der Waals surface area (Å²) in [6, 6.07) is 10.4. The van der Waals surface area contributed by atoms with Crippen molar-refractivity contribution in [3.63, 3.8) is 0 Å². The van der Waals surface area contributed by atoms with Gasteiger partial charge in [0.1, 0.15) is 5.82 Å². The maximum absolute atomic E-state index is 12.1. The summed E-state index contributed by atoms with van der Waals surface area (Å²) in [5, 5.41) is 4.12. The molecule has 1 aliphatic heterocycles. The number of esters is 1. The summed E-state index contributed by atoms with van der Waals surface area (Å²) >= 11 is 0. The molecule has 5 rings (SSSR count). The molecule has 178 valence electrons. The van der Waals surface area contributed by atoms with E-state index in [-0.39, 0.29) is 6.10 Å². The number of morpholine rings is 1. The average Bonchev–Trinajstić information content (AvgIpc) is 2.89. The summed E-state index contributed by atoms with van der Waals surface area (Å²) in [4.78, 5) is 28.2. The van der Waals surface area contributed by atoms with Crippen LogP contribution in [0.25, 0.3) is 11.0 Å². The number of aromatic nitrogens is 3. The molecule has 3 aromatic rings. The number of benzene rings is 1. The van der Waals surface area contributed by atoms with Gasteiger partial charge >= 0.3 is 5.97 Å². The van der Waals surface area contributed by atoms with Crippen molar-refractivity contribution < 1.29 is 14.3 Å². The number of pyridine rings is 1. The predicted octanol–water partition coefficient (Wildman–Crippen LogP) is 4.83. The molecule has 34 heavy (non-hydrogen) atoms. The second kappa shape index (κ2) is 9.93. The molecule has 0 spiro atoms. The van der Waals surface area contributed by atoms with Crippen LogP contribution in [0.4, 0.5) is 17.5 Å². The molecule has 1 saturated carbocycles. The van der Waals surface area contributed by atoms with Crippen LogP contribution in [0, 0.1) is 0 Å². The maximum Gasteiger partial charge on any atom is 0.339 e. The first-order chi connectivity index (χ1) is 16.6. The summed E-state index contributed by atoms with van der Waals surface area (Å²) in [7, 11) is 1.36. The van der Waals surface area contributed by atoms with E-state index in [0.29, 0.717) is 54.0 Å². The quantitative estimate of drug-likeness (QED) is 0.541. The Morgan fingerprint density at radius 1 is 1.15 bits per heavy atom. The van der Waals surface area contributed by atoms with E-state index in [4.69, 9.17) is 19.4 Å². The molecule has 0 amide bonds. The lowest BCUT2D eigenvalue weighted by Gasteiger charge is -2.31. The van der Waals surface area contributed by atoms with Crippen molar-refractivity contribution in [2.45, 2.75) is 51.0 Å². The first-order valence-electron chi connectivity index (χ1n) is 12.1. The molecule has 0 radical (unpaired) electrons. The number of methoxy groups -OCH3 is 1. The third kappa shape index (κ3) is 4.82. The zero-order valence-electron chi connectivity index (χ0n) is 19.8. The van der Waals surface area contributed by atoms with Crippen LogP contribution in [0.5, 0.6) is 0 Å². The Morgan fingerprint density at radius 3 is 2.68 bits per heavy atom. The van der Waals surface area contributed by atoms with Gasteiger partial charge in [-0.3, -0.25) is 0 Å². The molecule has 2 aromatic heterocycles. The highest BCUT2D eigenvalue weighted by Gasteiger charge is 2.22. The molecular weight excluding hydrogens is 430 g/mol. The number of carbonyl (C=O) groups excluding carboxylic acids is 1. The van der Waals surface area contributed by atoms with E-state index in [0.717, 1.165) is 5.69 Å². The number of hydrogen-bond donors (Lipinski definition) is 1. The van der Waals surface area contributed by atoms with Gasteiger partial charge in [-0.15, -0.1) is 0 Å². The zero-order chi connectivity index (χ0) is 23.5.